The van der Waals surface area contributed by atoms with Gasteiger partial charge >= 0.3 is 0 Å². The molecule has 0 fully saturated rings. The highest BCUT2D eigenvalue weighted by molar-refractivity contribution is 5.26. The number of rotatable bonds is 8. The molecule has 96 valence electrons. The summed E-state index contributed by atoms with van der Waals surface area (Å²) >= 11 is 0. The third-order valence-electron chi connectivity index (χ3n) is 3.05. The summed E-state index contributed by atoms with van der Waals surface area (Å²) in [5, 5.41) is 3.55. The van der Waals surface area contributed by atoms with Gasteiger partial charge in [0.2, 0.25) is 0 Å². The molecule has 1 N–H and O–H groups in total. The van der Waals surface area contributed by atoms with E-state index in [2.05, 4.69) is 43.4 Å². The lowest BCUT2D eigenvalue weighted by Gasteiger charge is -2.19. The zero-order chi connectivity index (χ0) is 12.5. The molecule has 17 heavy (non-hydrogen) atoms. The Labute approximate surface area is 105 Å². The fourth-order valence-electron chi connectivity index (χ4n) is 2.09. The minimum absolute atomic E-state index is 0.460. The lowest BCUT2D eigenvalue weighted by Crippen LogP contribution is -2.21. The summed E-state index contributed by atoms with van der Waals surface area (Å²) in [5.41, 5.74) is 2.82. The first-order valence-corrected chi connectivity index (χ1v) is 6.63. The van der Waals surface area contributed by atoms with Crippen LogP contribution < -0.4 is 5.32 Å². The molecule has 0 spiro atoms. The zero-order valence-corrected chi connectivity index (χ0v) is 11.3. The SMILES string of the molecule is CCNC(CCCOC)c1cccc(CC)c1. The Morgan fingerprint density at radius 2 is 2.12 bits per heavy atom. The Hall–Kier alpha value is -0.860. The molecule has 0 aliphatic heterocycles. The molecule has 0 aliphatic rings. The van der Waals surface area contributed by atoms with Gasteiger partial charge in [-0.25, -0.2) is 0 Å². The maximum absolute atomic E-state index is 5.12. The average Bonchev–Trinajstić information content (AvgIpc) is 2.38. The summed E-state index contributed by atoms with van der Waals surface area (Å²) in [6.45, 7) is 6.21. The molecular formula is C15H25NO. The molecule has 0 saturated heterocycles. The summed E-state index contributed by atoms with van der Waals surface area (Å²) in [4.78, 5) is 0. The Morgan fingerprint density at radius 3 is 2.76 bits per heavy atom. The van der Waals surface area contributed by atoms with Crippen LogP contribution in [-0.2, 0) is 11.2 Å². The van der Waals surface area contributed by atoms with Crippen molar-refractivity contribution < 1.29 is 4.74 Å². The lowest BCUT2D eigenvalue weighted by molar-refractivity contribution is 0.189. The van der Waals surface area contributed by atoms with E-state index in [4.69, 9.17) is 4.74 Å². The van der Waals surface area contributed by atoms with Crippen molar-refractivity contribution in [1.82, 2.24) is 5.32 Å². The molecule has 0 amide bonds. The molecule has 0 saturated carbocycles. The number of aryl methyl sites for hydroxylation is 1. The summed E-state index contributed by atoms with van der Waals surface area (Å²) in [7, 11) is 1.76. The van der Waals surface area contributed by atoms with E-state index in [1.54, 1.807) is 7.11 Å². The Balaban J connectivity index is 2.66. The molecule has 1 aromatic carbocycles. The van der Waals surface area contributed by atoms with Crippen molar-refractivity contribution in [3.8, 4) is 0 Å². The van der Waals surface area contributed by atoms with Gasteiger partial charge in [0.05, 0.1) is 0 Å². The second kappa shape index (κ2) is 8.26. The van der Waals surface area contributed by atoms with Crippen LogP contribution in [0.3, 0.4) is 0 Å². The Kier molecular flexibility index (Phi) is 6.90. The maximum atomic E-state index is 5.12. The number of hydrogen-bond donors (Lipinski definition) is 1. The molecule has 0 radical (unpaired) electrons. The lowest BCUT2D eigenvalue weighted by atomic mass is 9.99. The van der Waals surface area contributed by atoms with Gasteiger partial charge in [0, 0.05) is 19.8 Å². The van der Waals surface area contributed by atoms with Gasteiger partial charge in [-0.2, -0.15) is 0 Å². The second-order valence-corrected chi connectivity index (χ2v) is 4.34. The van der Waals surface area contributed by atoms with Gasteiger partial charge in [0.15, 0.2) is 0 Å². The second-order valence-electron chi connectivity index (χ2n) is 4.34. The maximum Gasteiger partial charge on any atom is 0.0462 e. The molecule has 2 nitrogen and oxygen atoms in total. The van der Waals surface area contributed by atoms with Crippen LogP contribution in [0.5, 0.6) is 0 Å². The van der Waals surface area contributed by atoms with Crippen LogP contribution in [-0.4, -0.2) is 20.3 Å². The number of benzene rings is 1. The van der Waals surface area contributed by atoms with Gasteiger partial charge in [-0.1, -0.05) is 38.1 Å². The van der Waals surface area contributed by atoms with Gasteiger partial charge in [0.1, 0.15) is 0 Å². The largest absolute Gasteiger partial charge is 0.385 e. The predicted octanol–water partition coefficient (Wildman–Crippen LogP) is 3.33. The molecule has 1 atom stereocenters. The summed E-state index contributed by atoms with van der Waals surface area (Å²) < 4.78 is 5.12. The molecule has 2 heteroatoms. The molecule has 0 aliphatic carbocycles. The highest BCUT2D eigenvalue weighted by atomic mass is 16.5. The van der Waals surface area contributed by atoms with Crippen molar-refractivity contribution in [3.05, 3.63) is 35.4 Å². The molecule has 1 aromatic rings. The quantitative estimate of drug-likeness (QED) is 0.698. The number of ether oxygens (including phenoxy) is 1. The molecule has 1 unspecified atom stereocenters. The third kappa shape index (κ3) is 4.88. The minimum Gasteiger partial charge on any atom is -0.385 e. The van der Waals surface area contributed by atoms with Crippen LogP contribution in [0, 0.1) is 0 Å². The first-order valence-electron chi connectivity index (χ1n) is 6.63. The van der Waals surface area contributed by atoms with E-state index in [1.165, 1.54) is 11.1 Å². The van der Waals surface area contributed by atoms with Gasteiger partial charge in [0.25, 0.3) is 0 Å². The van der Waals surface area contributed by atoms with Crippen molar-refractivity contribution >= 4 is 0 Å². The van der Waals surface area contributed by atoms with Crippen molar-refractivity contribution in [2.45, 2.75) is 39.2 Å². The van der Waals surface area contributed by atoms with Crippen LogP contribution in [0.2, 0.25) is 0 Å². The molecular weight excluding hydrogens is 210 g/mol. The summed E-state index contributed by atoms with van der Waals surface area (Å²) in [6.07, 6.45) is 3.34. The number of methoxy groups -OCH3 is 1. The van der Waals surface area contributed by atoms with E-state index < -0.39 is 0 Å². The van der Waals surface area contributed by atoms with E-state index in [1.807, 2.05) is 0 Å². The van der Waals surface area contributed by atoms with Crippen LogP contribution in [0.25, 0.3) is 0 Å². The summed E-state index contributed by atoms with van der Waals surface area (Å²) in [5.74, 6) is 0. The van der Waals surface area contributed by atoms with Crippen molar-refractivity contribution in [1.29, 1.82) is 0 Å². The molecule has 0 bridgehead atoms. The minimum atomic E-state index is 0.460. The van der Waals surface area contributed by atoms with E-state index in [-0.39, 0.29) is 0 Å². The topological polar surface area (TPSA) is 21.3 Å². The predicted molar refractivity (Wildman–Crippen MR) is 73.3 cm³/mol. The first kappa shape index (κ1) is 14.2. The van der Waals surface area contributed by atoms with Gasteiger partial charge < -0.3 is 10.1 Å². The highest BCUT2D eigenvalue weighted by Crippen LogP contribution is 2.19. The normalized spacial score (nSPS) is 12.6. The fraction of sp³-hybridized carbons (Fsp3) is 0.600. The van der Waals surface area contributed by atoms with Crippen molar-refractivity contribution in [2.75, 3.05) is 20.3 Å². The average molecular weight is 235 g/mol. The van der Waals surface area contributed by atoms with Gasteiger partial charge in [-0.15, -0.1) is 0 Å². The number of hydrogen-bond acceptors (Lipinski definition) is 2. The van der Waals surface area contributed by atoms with Crippen LogP contribution in [0.1, 0.15) is 43.9 Å². The van der Waals surface area contributed by atoms with Crippen molar-refractivity contribution in [2.24, 2.45) is 0 Å². The fourth-order valence-corrected chi connectivity index (χ4v) is 2.09. The highest BCUT2D eigenvalue weighted by Gasteiger charge is 2.09. The molecule has 0 heterocycles. The van der Waals surface area contributed by atoms with E-state index >= 15 is 0 Å². The standard InChI is InChI=1S/C15H25NO/c1-4-13-8-6-9-14(12-13)15(16-5-2)10-7-11-17-3/h6,8-9,12,15-16H,4-5,7,10-11H2,1-3H3. The molecule has 1 rings (SSSR count). The Bertz CT molecular complexity index is 312. The van der Waals surface area contributed by atoms with Gasteiger partial charge in [-0.3, -0.25) is 0 Å². The van der Waals surface area contributed by atoms with E-state index in [9.17, 15) is 0 Å². The van der Waals surface area contributed by atoms with E-state index in [0.717, 1.165) is 32.4 Å². The first-order chi connectivity index (χ1) is 8.31. The van der Waals surface area contributed by atoms with Crippen LogP contribution in [0.4, 0.5) is 0 Å². The van der Waals surface area contributed by atoms with Crippen LogP contribution in [0.15, 0.2) is 24.3 Å². The summed E-state index contributed by atoms with van der Waals surface area (Å²) in [6, 6.07) is 9.36. The smallest absolute Gasteiger partial charge is 0.0462 e. The van der Waals surface area contributed by atoms with E-state index in [0.29, 0.717) is 6.04 Å². The third-order valence-corrected chi connectivity index (χ3v) is 3.05. The van der Waals surface area contributed by atoms with Crippen molar-refractivity contribution in [3.63, 3.8) is 0 Å². The Morgan fingerprint density at radius 1 is 1.29 bits per heavy atom. The zero-order valence-electron chi connectivity index (χ0n) is 11.3. The van der Waals surface area contributed by atoms with Gasteiger partial charge in [-0.05, 0) is 36.9 Å². The molecule has 0 aromatic heterocycles. The number of nitrogens with one attached hydrogen (secondary N) is 1. The van der Waals surface area contributed by atoms with Crippen LogP contribution >= 0.6 is 0 Å². The monoisotopic (exact) mass is 235 g/mol.